The van der Waals surface area contributed by atoms with Crippen LogP contribution in [0, 0.1) is 5.82 Å². The third-order valence-corrected chi connectivity index (χ3v) is 6.25. The summed E-state index contributed by atoms with van der Waals surface area (Å²) in [6, 6.07) is 14.1. The highest BCUT2D eigenvalue weighted by Gasteiger charge is 2.12. The van der Waals surface area contributed by atoms with E-state index in [1.54, 1.807) is 6.07 Å². The maximum absolute atomic E-state index is 13.2. The van der Waals surface area contributed by atoms with Gasteiger partial charge in [0.2, 0.25) is 10.0 Å². The fourth-order valence-corrected chi connectivity index (χ4v) is 4.58. The molecule has 1 saturated heterocycles. The molecule has 2 aromatic rings. The minimum Gasteiger partial charge on any atom is -0.372 e. The molecule has 0 unspecified atom stereocenters. The van der Waals surface area contributed by atoms with E-state index in [4.69, 9.17) is 0 Å². The van der Waals surface area contributed by atoms with Gasteiger partial charge in [-0.25, -0.2) is 17.5 Å². The zero-order valence-corrected chi connectivity index (χ0v) is 16.3. The van der Waals surface area contributed by atoms with E-state index in [9.17, 15) is 12.8 Å². The van der Waals surface area contributed by atoms with Gasteiger partial charge in [0.1, 0.15) is 5.82 Å². The Balaban J connectivity index is 1.49. The van der Waals surface area contributed by atoms with Crippen LogP contribution in [0.1, 0.15) is 36.8 Å². The number of nitrogens with zero attached hydrogens (tertiary/aromatic N) is 1. The van der Waals surface area contributed by atoms with Gasteiger partial charge in [0.05, 0.1) is 5.75 Å². The van der Waals surface area contributed by atoms with Gasteiger partial charge in [-0.1, -0.05) is 37.1 Å². The predicted octanol–water partition coefficient (Wildman–Crippen LogP) is 3.87. The van der Waals surface area contributed by atoms with Gasteiger partial charge in [-0.3, -0.25) is 0 Å². The lowest BCUT2D eigenvalue weighted by Crippen LogP contribution is -2.27. The van der Waals surface area contributed by atoms with Crippen molar-refractivity contribution in [1.82, 2.24) is 4.72 Å². The van der Waals surface area contributed by atoms with Gasteiger partial charge in [-0.15, -0.1) is 0 Å². The molecule has 0 aliphatic carbocycles. The standard InChI is InChI=1S/C21H27FN2O2S/c22-20-7-5-6-19(16-20)17-27(25,26)23-13-12-18-8-10-21(11-9-18)24-14-3-1-2-4-15-24/h5-11,16,23H,1-4,12-15,17H2. The van der Waals surface area contributed by atoms with Crippen LogP contribution >= 0.6 is 0 Å². The van der Waals surface area contributed by atoms with E-state index >= 15 is 0 Å². The van der Waals surface area contributed by atoms with Crippen LogP contribution in [0.3, 0.4) is 0 Å². The van der Waals surface area contributed by atoms with E-state index in [0.29, 0.717) is 18.5 Å². The molecule has 1 aliphatic rings. The Morgan fingerprint density at radius 2 is 1.63 bits per heavy atom. The van der Waals surface area contributed by atoms with E-state index in [1.807, 2.05) is 0 Å². The van der Waals surface area contributed by atoms with Crippen LogP contribution < -0.4 is 9.62 Å². The molecule has 0 bridgehead atoms. The smallest absolute Gasteiger partial charge is 0.215 e. The summed E-state index contributed by atoms with van der Waals surface area (Å²) in [5.41, 5.74) is 2.79. The number of hydrogen-bond acceptors (Lipinski definition) is 3. The molecule has 27 heavy (non-hydrogen) atoms. The first-order valence-corrected chi connectivity index (χ1v) is 11.2. The Labute approximate surface area is 161 Å². The SMILES string of the molecule is O=S(=O)(Cc1cccc(F)c1)NCCc1ccc(N2CCCCCC2)cc1. The average molecular weight is 391 g/mol. The second kappa shape index (κ2) is 9.33. The Morgan fingerprint density at radius 3 is 2.30 bits per heavy atom. The molecule has 0 aromatic heterocycles. The second-order valence-corrected chi connectivity index (χ2v) is 8.91. The van der Waals surface area contributed by atoms with Crippen molar-refractivity contribution < 1.29 is 12.8 Å². The highest BCUT2D eigenvalue weighted by molar-refractivity contribution is 7.88. The first kappa shape index (κ1) is 19.8. The molecule has 1 fully saturated rings. The molecule has 1 heterocycles. The fourth-order valence-electron chi connectivity index (χ4n) is 3.45. The monoisotopic (exact) mass is 390 g/mol. The first-order valence-electron chi connectivity index (χ1n) is 9.57. The molecule has 0 radical (unpaired) electrons. The van der Waals surface area contributed by atoms with Crippen LogP contribution in [-0.2, 0) is 22.2 Å². The molecule has 0 spiro atoms. The molecule has 0 amide bonds. The summed E-state index contributed by atoms with van der Waals surface area (Å²) in [7, 11) is -3.48. The fraction of sp³-hybridized carbons (Fsp3) is 0.429. The van der Waals surface area contributed by atoms with Crippen LogP contribution in [-0.4, -0.2) is 28.1 Å². The largest absolute Gasteiger partial charge is 0.372 e. The summed E-state index contributed by atoms with van der Waals surface area (Å²) < 4.78 is 40.1. The number of benzene rings is 2. The van der Waals surface area contributed by atoms with E-state index in [-0.39, 0.29) is 5.75 Å². The number of halogens is 1. The topological polar surface area (TPSA) is 49.4 Å². The van der Waals surface area contributed by atoms with Crippen molar-refractivity contribution in [2.24, 2.45) is 0 Å². The van der Waals surface area contributed by atoms with Crippen LogP contribution in [0.4, 0.5) is 10.1 Å². The minimum atomic E-state index is -3.48. The Morgan fingerprint density at radius 1 is 0.926 bits per heavy atom. The maximum Gasteiger partial charge on any atom is 0.215 e. The number of sulfonamides is 1. The van der Waals surface area contributed by atoms with E-state index in [2.05, 4.69) is 33.9 Å². The minimum absolute atomic E-state index is 0.210. The number of nitrogens with one attached hydrogen (secondary N) is 1. The summed E-state index contributed by atoms with van der Waals surface area (Å²) in [4.78, 5) is 2.43. The number of rotatable bonds is 7. The molecule has 3 rings (SSSR count). The molecule has 6 heteroatoms. The van der Waals surface area contributed by atoms with E-state index in [0.717, 1.165) is 18.7 Å². The van der Waals surface area contributed by atoms with Gasteiger partial charge in [0.15, 0.2) is 0 Å². The summed E-state index contributed by atoms with van der Waals surface area (Å²) in [5.74, 6) is -0.634. The summed E-state index contributed by atoms with van der Waals surface area (Å²) in [6.45, 7) is 2.55. The molecule has 4 nitrogen and oxygen atoms in total. The third-order valence-electron chi connectivity index (χ3n) is 4.89. The van der Waals surface area contributed by atoms with E-state index < -0.39 is 15.8 Å². The Bertz CT molecular complexity index is 830. The highest BCUT2D eigenvalue weighted by Crippen LogP contribution is 2.20. The van der Waals surface area contributed by atoms with Gasteiger partial charge in [-0.2, -0.15) is 0 Å². The normalized spacial score (nSPS) is 15.5. The van der Waals surface area contributed by atoms with Crippen LogP contribution in [0.25, 0.3) is 0 Å². The van der Waals surface area contributed by atoms with Gasteiger partial charge < -0.3 is 4.90 Å². The van der Waals surface area contributed by atoms with Crippen LogP contribution in [0.2, 0.25) is 0 Å². The van der Waals surface area contributed by atoms with Gasteiger partial charge in [0.25, 0.3) is 0 Å². The second-order valence-electron chi connectivity index (χ2n) is 7.10. The molecule has 1 N–H and O–H groups in total. The van der Waals surface area contributed by atoms with Gasteiger partial charge >= 0.3 is 0 Å². The van der Waals surface area contributed by atoms with E-state index in [1.165, 1.54) is 49.6 Å². The van der Waals surface area contributed by atoms with Crippen molar-refractivity contribution in [3.05, 3.63) is 65.5 Å². The van der Waals surface area contributed by atoms with Crippen LogP contribution in [0.15, 0.2) is 48.5 Å². The van der Waals surface area contributed by atoms with Crippen molar-refractivity contribution in [2.75, 3.05) is 24.5 Å². The highest BCUT2D eigenvalue weighted by atomic mass is 32.2. The molecular formula is C21H27FN2O2S. The molecule has 146 valence electrons. The molecule has 1 aliphatic heterocycles. The summed E-state index contributed by atoms with van der Waals surface area (Å²) in [6.07, 6.45) is 5.74. The lowest BCUT2D eigenvalue weighted by Gasteiger charge is -2.22. The van der Waals surface area contributed by atoms with Crippen molar-refractivity contribution in [1.29, 1.82) is 0 Å². The van der Waals surface area contributed by atoms with Crippen molar-refractivity contribution >= 4 is 15.7 Å². The van der Waals surface area contributed by atoms with Crippen molar-refractivity contribution in [2.45, 2.75) is 37.9 Å². The first-order chi connectivity index (χ1) is 13.0. The third kappa shape index (κ3) is 6.33. The Hall–Kier alpha value is -1.92. The zero-order chi connectivity index (χ0) is 19.1. The quantitative estimate of drug-likeness (QED) is 0.781. The van der Waals surface area contributed by atoms with Crippen molar-refractivity contribution in [3.8, 4) is 0 Å². The molecule has 0 atom stereocenters. The number of hydrogen-bond donors (Lipinski definition) is 1. The molecule has 2 aromatic carbocycles. The van der Waals surface area contributed by atoms with Crippen molar-refractivity contribution in [3.63, 3.8) is 0 Å². The van der Waals surface area contributed by atoms with Gasteiger partial charge in [0, 0.05) is 25.3 Å². The lowest BCUT2D eigenvalue weighted by atomic mass is 10.1. The average Bonchev–Trinajstić information content (AvgIpc) is 2.91. The summed E-state index contributed by atoms with van der Waals surface area (Å²) >= 11 is 0. The maximum atomic E-state index is 13.2. The van der Waals surface area contributed by atoms with Crippen LogP contribution in [0.5, 0.6) is 0 Å². The molecule has 0 saturated carbocycles. The lowest BCUT2D eigenvalue weighted by molar-refractivity contribution is 0.580. The number of anilines is 1. The van der Waals surface area contributed by atoms with Gasteiger partial charge in [-0.05, 0) is 54.7 Å². The summed E-state index contributed by atoms with van der Waals surface area (Å²) in [5, 5.41) is 0. The molecular weight excluding hydrogens is 363 g/mol. The zero-order valence-electron chi connectivity index (χ0n) is 15.5. The predicted molar refractivity (Wildman–Crippen MR) is 108 cm³/mol. The Kier molecular flexibility index (Phi) is 6.85.